The van der Waals surface area contributed by atoms with Gasteiger partial charge in [-0.2, -0.15) is 5.10 Å². The van der Waals surface area contributed by atoms with Gasteiger partial charge in [-0.1, -0.05) is 30.1 Å². The lowest BCUT2D eigenvalue weighted by atomic mass is 10.2. The van der Waals surface area contributed by atoms with Gasteiger partial charge in [-0.25, -0.2) is 10.2 Å². The summed E-state index contributed by atoms with van der Waals surface area (Å²) < 4.78 is 16.2. The molecule has 0 atom stereocenters. The number of halogens is 2. The van der Waals surface area contributed by atoms with Crippen molar-refractivity contribution in [3.05, 3.63) is 87.9 Å². The van der Waals surface area contributed by atoms with E-state index in [1.807, 2.05) is 6.92 Å². The number of amides is 1. The number of carbonyl (C=O) groups excluding carboxylic acids is 2. The van der Waals surface area contributed by atoms with E-state index in [4.69, 9.17) is 37.4 Å². The highest BCUT2D eigenvalue weighted by Crippen LogP contribution is 2.27. The maximum absolute atomic E-state index is 12.3. The number of hydrogen-bond donors (Lipinski definition) is 1. The molecule has 176 valence electrons. The molecule has 0 aliphatic rings. The van der Waals surface area contributed by atoms with E-state index in [1.54, 1.807) is 60.7 Å². The smallest absolute Gasteiger partial charge is 0.343 e. The molecule has 0 aliphatic carbocycles. The van der Waals surface area contributed by atoms with E-state index in [1.165, 1.54) is 12.3 Å². The Kier molecular flexibility index (Phi) is 9.31. The number of benzene rings is 3. The third-order valence-electron chi connectivity index (χ3n) is 4.31. The molecule has 3 rings (SSSR count). The first-order chi connectivity index (χ1) is 16.4. The third kappa shape index (κ3) is 7.79. The highest BCUT2D eigenvalue weighted by atomic mass is 35.5. The first-order valence-corrected chi connectivity index (χ1v) is 11.1. The number of ether oxygens (including phenoxy) is 3. The highest BCUT2D eigenvalue weighted by Gasteiger charge is 2.09. The van der Waals surface area contributed by atoms with Gasteiger partial charge in [0.1, 0.15) is 17.2 Å². The molecular weight excluding hydrogens is 479 g/mol. The number of nitrogens with zero attached hydrogens (tertiary/aromatic N) is 1. The first-order valence-electron chi connectivity index (χ1n) is 10.4. The van der Waals surface area contributed by atoms with Crippen LogP contribution in [0.3, 0.4) is 0 Å². The van der Waals surface area contributed by atoms with Crippen molar-refractivity contribution in [1.82, 2.24) is 5.43 Å². The number of hydrogen-bond acceptors (Lipinski definition) is 6. The number of rotatable bonds is 10. The maximum Gasteiger partial charge on any atom is 0.343 e. The van der Waals surface area contributed by atoms with Gasteiger partial charge in [0.2, 0.25) is 0 Å². The molecule has 0 bridgehead atoms. The number of carbonyl (C=O) groups is 2. The molecule has 0 spiro atoms. The van der Waals surface area contributed by atoms with Crippen LogP contribution in [0.1, 0.15) is 29.3 Å². The van der Waals surface area contributed by atoms with Gasteiger partial charge in [-0.3, -0.25) is 4.79 Å². The molecule has 9 heteroatoms. The zero-order valence-corrected chi connectivity index (χ0v) is 19.8. The Morgan fingerprint density at radius 1 is 0.941 bits per heavy atom. The van der Waals surface area contributed by atoms with E-state index in [9.17, 15) is 9.59 Å². The van der Waals surface area contributed by atoms with Crippen LogP contribution < -0.4 is 19.6 Å². The summed E-state index contributed by atoms with van der Waals surface area (Å²) >= 11 is 11.8. The van der Waals surface area contributed by atoms with Crippen molar-refractivity contribution in [3.63, 3.8) is 0 Å². The summed E-state index contributed by atoms with van der Waals surface area (Å²) in [7, 11) is 0. The van der Waals surface area contributed by atoms with Gasteiger partial charge in [0.25, 0.3) is 5.91 Å². The van der Waals surface area contributed by atoms with Crippen molar-refractivity contribution >= 4 is 41.3 Å². The molecule has 1 amide bonds. The molecule has 7 nitrogen and oxygen atoms in total. The summed E-state index contributed by atoms with van der Waals surface area (Å²) in [5.41, 5.74) is 3.47. The number of nitrogens with one attached hydrogen (secondary N) is 1. The van der Waals surface area contributed by atoms with E-state index in [0.717, 1.165) is 6.42 Å². The molecular formula is C25H22Cl2N2O5. The van der Waals surface area contributed by atoms with E-state index in [0.29, 0.717) is 45.0 Å². The molecule has 34 heavy (non-hydrogen) atoms. The molecule has 3 aromatic carbocycles. The number of hydrazone groups is 1. The SMILES string of the molecule is CCCOc1ccc(C(=O)Oc2ccc(C=NNC(=O)COc3ccc(Cl)cc3Cl)cc2)cc1. The molecule has 3 aromatic rings. The second kappa shape index (κ2) is 12.6. The molecule has 0 aliphatic heterocycles. The molecule has 0 fully saturated rings. The normalized spacial score (nSPS) is 10.7. The van der Waals surface area contributed by atoms with Crippen molar-refractivity contribution in [3.8, 4) is 17.2 Å². The standard InChI is InChI=1S/C25H22Cl2N2O5/c1-2-13-32-20-10-5-18(6-11-20)25(31)34-21-8-3-17(4-9-21)15-28-29-24(30)16-33-23-12-7-19(26)14-22(23)27/h3-12,14-15H,2,13,16H2,1H3,(H,29,30). The molecule has 0 unspecified atom stereocenters. The first kappa shape index (κ1) is 25.1. The predicted molar refractivity (Wildman–Crippen MR) is 131 cm³/mol. The van der Waals surface area contributed by atoms with Crippen LogP contribution in [0.5, 0.6) is 17.2 Å². The van der Waals surface area contributed by atoms with Gasteiger partial charge in [0, 0.05) is 5.02 Å². The summed E-state index contributed by atoms with van der Waals surface area (Å²) in [5.74, 6) is 0.492. The minimum Gasteiger partial charge on any atom is -0.494 e. The van der Waals surface area contributed by atoms with Gasteiger partial charge in [0.15, 0.2) is 6.61 Å². The Morgan fingerprint density at radius 3 is 2.32 bits per heavy atom. The Morgan fingerprint density at radius 2 is 1.65 bits per heavy atom. The van der Waals surface area contributed by atoms with Crippen LogP contribution in [0.4, 0.5) is 0 Å². The second-order valence-electron chi connectivity index (χ2n) is 6.99. The highest BCUT2D eigenvalue weighted by molar-refractivity contribution is 6.35. The van der Waals surface area contributed by atoms with Gasteiger partial charge in [-0.15, -0.1) is 0 Å². The minimum absolute atomic E-state index is 0.265. The summed E-state index contributed by atoms with van der Waals surface area (Å²) in [6.07, 6.45) is 2.36. The fourth-order valence-corrected chi connectivity index (χ4v) is 3.10. The van der Waals surface area contributed by atoms with Crippen LogP contribution in [0.15, 0.2) is 71.8 Å². The van der Waals surface area contributed by atoms with E-state index < -0.39 is 11.9 Å². The average Bonchev–Trinajstić information content (AvgIpc) is 2.83. The van der Waals surface area contributed by atoms with Gasteiger partial charge >= 0.3 is 5.97 Å². The lowest BCUT2D eigenvalue weighted by Crippen LogP contribution is -2.24. The zero-order chi connectivity index (χ0) is 24.3. The topological polar surface area (TPSA) is 86.2 Å². The van der Waals surface area contributed by atoms with Crippen LogP contribution in [0.25, 0.3) is 0 Å². The van der Waals surface area contributed by atoms with Crippen molar-refractivity contribution in [2.45, 2.75) is 13.3 Å². The maximum atomic E-state index is 12.3. The van der Waals surface area contributed by atoms with E-state index >= 15 is 0 Å². The van der Waals surface area contributed by atoms with E-state index in [-0.39, 0.29) is 6.61 Å². The summed E-state index contributed by atoms with van der Waals surface area (Å²) in [6, 6.07) is 18.1. The molecule has 0 heterocycles. The van der Waals surface area contributed by atoms with Crippen LogP contribution in [-0.4, -0.2) is 31.3 Å². The molecule has 0 saturated heterocycles. The molecule has 0 aromatic heterocycles. The Balaban J connectivity index is 1.45. The van der Waals surface area contributed by atoms with E-state index in [2.05, 4.69) is 10.5 Å². The fraction of sp³-hybridized carbons (Fsp3) is 0.160. The summed E-state index contributed by atoms with van der Waals surface area (Å²) in [6.45, 7) is 2.38. The monoisotopic (exact) mass is 500 g/mol. The molecule has 0 radical (unpaired) electrons. The van der Waals surface area contributed by atoms with Gasteiger partial charge in [-0.05, 0) is 78.7 Å². The van der Waals surface area contributed by atoms with Crippen molar-refractivity contribution in [2.75, 3.05) is 13.2 Å². The largest absolute Gasteiger partial charge is 0.494 e. The minimum atomic E-state index is -0.475. The van der Waals surface area contributed by atoms with Crippen molar-refractivity contribution in [1.29, 1.82) is 0 Å². The third-order valence-corrected chi connectivity index (χ3v) is 4.84. The Bertz CT molecular complexity index is 1150. The average molecular weight is 501 g/mol. The Labute approximate surface area is 207 Å². The van der Waals surface area contributed by atoms with Gasteiger partial charge < -0.3 is 14.2 Å². The van der Waals surface area contributed by atoms with Crippen molar-refractivity contribution in [2.24, 2.45) is 5.10 Å². The van der Waals surface area contributed by atoms with Crippen LogP contribution in [0.2, 0.25) is 10.0 Å². The molecule has 0 saturated carbocycles. The fourth-order valence-electron chi connectivity index (χ4n) is 2.64. The van der Waals surface area contributed by atoms with Crippen molar-refractivity contribution < 1.29 is 23.8 Å². The van der Waals surface area contributed by atoms with Crippen LogP contribution in [0, 0.1) is 0 Å². The molecule has 1 N–H and O–H groups in total. The van der Waals surface area contributed by atoms with Gasteiger partial charge in [0.05, 0.1) is 23.4 Å². The van der Waals surface area contributed by atoms with Crippen LogP contribution in [-0.2, 0) is 4.79 Å². The van der Waals surface area contributed by atoms with Crippen LogP contribution >= 0.6 is 23.2 Å². The number of esters is 1. The quantitative estimate of drug-likeness (QED) is 0.171. The Hall–Kier alpha value is -3.55. The lowest BCUT2D eigenvalue weighted by molar-refractivity contribution is -0.123. The summed E-state index contributed by atoms with van der Waals surface area (Å²) in [5, 5.41) is 4.66. The predicted octanol–water partition coefficient (Wildman–Crippen LogP) is 5.53. The summed E-state index contributed by atoms with van der Waals surface area (Å²) in [4.78, 5) is 24.2. The lowest BCUT2D eigenvalue weighted by Gasteiger charge is -2.07. The zero-order valence-electron chi connectivity index (χ0n) is 18.3. The second-order valence-corrected chi connectivity index (χ2v) is 7.83.